The highest BCUT2D eigenvalue weighted by Crippen LogP contribution is 2.13. The number of carbonyl (C=O) groups is 1. The van der Waals surface area contributed by atoms with E-state index in [0.29, 0.717) is 19.8 Å². The number of benzene rings is 1. The van der Waals surface area contributed by atoms with Gasteiger partial charge in [0.15, 0.2) is 5.69 Å². The number of hydrogen-bond acceptors (Lipinski definition) is 6. The number of rotatable bonds is 7. The van der Waals surface area contributed by atoms with E-state index in [9.17, 15) is 4.79 Å². The third-order valence-electron chi connectivity index (χ3n) is 2.77. The summed E-state index contributed by atoms with van der Waals surface area (Å²) in [5, 5.41) is 7.50. The van der Waals surface area contributed by atoms with Crippen molar-refractivity contribution >= 4 is 5.91 Å². The molecule has 1 amide bonds. The van der Waals surface area contributed by atoms with Crippen molar-refractivity contribution in [1.82, 2.24) is 20.4 Å². The maximum absolute atomic E-state index is 11.2. The molecule has 0 spiro atoms. The molecule has 0 saturated heterocycles. The van der Waals surface area contributed by atoms with Crippen LogP contribution in [0.15, 0.2) is 30.5 Å². The quantitative estimate of drug-likeness (QED) is 0.325. The number of ether oxygens (including phenoxy) is 2. The number of nitrogens with one attached hydrogen (secondary N) is 1. The lowest BCUT2D eigenvalue weighted by Gasteiger charge is -2.06. The third-order valence-corrected chi connectivity index (χ3v) is 2.77. The van der Waals surface area contributed by atoms with Crippen molar-refractivity contribution in [3.63, 3.8) is 0 Å². The first-order valence-electron chi connectivity index (χ1n) is 6.34. The molecule has 8 nitrogen and oxygen atoms in total. The van der Waals surface area contributed by atoms with Gasteiger partial charge in [-0.1, -0.05) is 17.3 Å². The monoisotopic (exact) mass is 291 g/mol. The number of nitrogen functional groups attached to an aromatic ring is 1. The Morgan fingerprint density at radius 2 is 2.33 bits per heavy atom. The van der Waals surface area contributed by atoms with E-state index in [1.807, 2.05) is 29.7 Å². The van der Waals surface area contributed by atoms with Crippen LogP contribution in [0, 0.1) is 0 Å². The minimum absolute atomic E-state index is 0.172. The zero-order chi connectivity index (χ0) is 15.1. The van der Waals surface area contributed by atoms with E-state index < -0.39 is 5.91 Å². The summed E-state index contributed by atoms with van der Waals surface area (Å²) in [4.78, 5) is 11.2. The number of methoxy groups -OCH3 is 1. The van der Waals surface area contributed by atoms with Gasteiger partial charge in [-0.3, -0.25) is 10.2 Å². The van der Waals surface area contributed by atoms with Gasteiger partial charge >= 0.3 is 0 Å². The van der Waals surface area contributed by atoms with Crippen LogP contribution in [0.5, 0.6) is 5.75 Å². The van der Waals surface area contributed by atoms with Gasteiger partial charge in [-0.25, -0.2) is 10.5 Å². The number of hydrazine groups is 1. The first kappa shape index (κ1) is 14.9. The molecule has 1 aromatic carbocycles. The second-order valence-electron chi connectivity index (χ2n) is 4.24. The summed E-state index contributed by atoms with van der Waals surface area (Å²) in [5.41, 5.74) is 3.19. The van der Waals surface area contributed by atoms with Gasteiger partial charge in [-0.15, -0.1) is 5.10 Å². The van der Waals surface area contributed by atoms with Crippen molar-refractivity contribution in [2.75, 3.05) is 13.7 Å². The van der Waals surface area contributed by atoms with Crippen molar-refractivity contribution in [1.29, 1.82) is 0 Å². The molecule has 1 aromatic heterocycles. The molecule has 8 heteroatoms. The lowest BCUT2D eigenvalue weighted by Crippen LogP contribution is -2.30. The van der Waals surface area contributed by atoms with Crippen LogP contribution in [0.25, 0.3) is 0 Å². The van der Waals surface area contributed by atoms with Gasteiger partial charge in [0.1, 0.15) is 5.75 Å². The molecule has 2 aromatic rings. The molecule has 0 radical (unpaired) electrons. The molecule has 112 valence electrons. The molecule has 2 rings (SSSR count). The molecule has 1 heterocycles. The van der Waals surface area contributed by atoms with Gasteiger partial charge in [0.25, 0.3) is 5.91 Å². The van der Waals surface area contributed by atoms with Crippen LogP contribution in [0.3, 0.4) is 0 Å². The molecule has 0 atom stereocenters. The Balaban J connectivity index is 1.76. The van der Waals surface area contributed by atoms with Crippen LogP contribution in [-0.2, 0) is 17.9 Å². The lowest BCUT2D eigenvalue weighted by atomic mass is 10.2. The number of carbonyl (C=O) groups excluding carboxylic acids is 1. The van der Waals surface area contributed by atoms with Gasteiger partial charge in [-0.05, 0) is 17.7 Å². The highest BCUT2D eigenvalue weighted by Gasteiger charge is 2.08. The Kier molecular flexibility index (Phi) is 5.24. The summed E-state index contributed by atoms with van der Waals surface area (Å²) in [6.45, 7) is 1.42. The first-order chi connectivity index (χ1) is 10.2. The average molecular weight is 291 g/mol. The maximum Gasteiger partial charge on any atom is 0.287 e. The van der Waals surface area contributed by atoms with Crippen LogP contribution in [-0.4, -0.2) is 34.6 Å². The third kappa shape index (κ3) is 4.26. The summed E-state index contributed by atoms with van der Waals surface area (Å²) in [6, 6.07) is 7.66. The average Bonchev–Trinajstić information content (AvgIpc) is 3.00. The van der Waals surface area contributed by atoms with Crippen molar-refractivity contribution < 1.29 is 14.3 Å². The Labute approximate surface area is 121 Å². The molecule has 0 aliphatic heterocycles. The van der Waals surface area contributed by atoms with E-state index >= 15 is 0 Å². The minimum Gasteiger partial charge on any atom is -0.497 e. The van der Waals surface area contributed by atoms with Crippen LogP contribution in [0.1, 0.15) is 16.1 Å². The first-order valence-corrected chi connectivity index (χ1v) is 6.34. The van der Waals surface area contributed by atoms with Crippen LogP contribution >= 0.6 is 0 Å². The molecule has 0 saturated carbocycles. The van der Waals surface area contributed by atoms with Gasteiger partial charge in [-0.2, -0.15) is 0 Å². The number of nitrogens with zero attached hydrogens (tertiary/aromatic N) is 3. The normalized spacial score (nSPS) is 10.4. The fourth-order valence-corrected chi connectivity index (χ4v) is 1.70. The number of hydrogen-bond donors (Lipinski definition) is 2. The maximum atomic E-state index is 11.2. The topological polar surface area (TPSA) is 104 Å². The molecular weight excluding hydrogens is 274 g/mol. The van der Waals surface area contributed by atoms with E-state index in [0.717, 1.165) is 11.3 Å². The summed E-state index contributed by atoms with van der Waals surface area (Å²) >= 11 is 0. The van der Waals surface area contributed by atoms with Crippen molar-refractivity contribution in [2.24, 2.45) is 5.84 Å². The van der Waals surface area contributed by atoms with E-state index in [-0.39, 0.29) is 5.69 Å². The molecule has 3 N–H and O–H groups in total. The standard InChI is InChI=1S/C13H17N5O3/c1-20-11-4-2-3-10(7-11)9-21-6-5-18-8-12(16-17-18)13(19)15-14/h2-4,7-8H,5-6,9,14H2,1H3,(H,15,19). The fraction of sp³-hybridized carbons (Fsp3) is 0.308. The number of amides is 1. The SMILES string of the molecule is COc1cccc(COCCn2cc(C(=O)NN)nn2)c1. The molecule has 0 unspecified atom stereocenters. The van der Waals surface area contributed by atoms with E-state index in [4.69, 9.17) is 15.3 Å². The summed E-state index contributed by atoms with van der Waals surface area (Å²) in [7, 11) is 1.62. The number of nitrogens with two attached hydrogens (primary N) is 1. The summed E-state index contributed by atoms with van der Waals surface area (Å²) < 4.78 is 12.2. The largest absolute Gasteiger partial charge is 0.497 e. The van der Waals surface area contributed by atoms with E-state index in [1.54, 1.807) is 7.11 Å². The zero-order valence-electron chi connectivity index (χ0n) is 11.7. The van der Waals surface area contributed by atoms with Crippen LogP contribution in [0.4, 0.5) is 0 Å². The summed E-state index contributed by atoms with van der Waals surface area (Å²) in [5.74, 6) is 5.33. The predicted molar refractivity (Wildman–Crippen MR) is 74.3 cm³/mol. The lowest BCUT2D eigenvalue weighted by molar-refractivity contribution is 0.0948. The Bertz CT molecular complexity index is 599. The van der Waals surface area contributed by atoms with Gasteiger partial charge in [0.2, 0.25) is 0 Å². The van der Waals surface area contributed by atoms with Crippen molar-refractivity contribution in [3.8, 4) is 5.75 Å². The Morgan fingerprint density at radius 1 is 1.48 bits per heavy atom. The molecule has 0 fully saturated rings. The molecule has 0 aliphatic carbocycles. The second-order valence-corrected chi connectivity index (χ2v) is 4.24. The molecule has 0 aliphatic rings. The van der Waals surface area contributed by atoms with Crippen LogP contribution < -0.4 is 16.0 Å². The predicted octanol–water partition coefficient (Wildman–Crippen LogP) is 0.107. The van der Waals surface area contributed by atoms with Crippen molar-refractivity contribution in [2.45, 2.75) is 13.2 Å². The van der Waals surface area contributed by atoms with Gasteiger partial charge < -0.3 is 9.47 Å². The highest BCUT2D eigenvalue weighted by atomic mass is 16.5. The number of aromatic nitrogens is 3. The Morgan fingerprint density at radius 3 is 3.10 bits per heavy atom. The van der Waals surface area contributed by atoms with Gasteiger partial charge in [0.05, 0.1) is 33.1 Å². The highest BCUT2D eigenvalue weighted by molar-refractivity contribution is 5.91. The smallest absolute Gasteiger partial charge is 0.287 e. The molecule has 21 heavy (non-hydrogen) atoms. The van der Waals surface area contributed by atoms with Gasteiger partial charge in [0, 0.05) is 0 Å². The molecule has 0 bridgehead atoms. The molecular formula is C13H17N5O3. The summed E-state index contributed by atoms with van der Waals surface area (Å²) in [6.07, 6.45) is 1.51. The van der Waals surface area contributed by atoms with E-state index in [1.165, 1.54) is 10.9 Å². The zero-order valence-corrected chi connectivity index (χ0v) is 11.7. The van der Waals surface area contributed by atoms with Crippen molar-refractivity contribution in [3.05, 3.63) is 41.7 Å². The van der Waals surface area contributed by atoms with Crippen LogP contribution in [0.2, 0.25) is 0 Å². The Hall–Kier alpha value is -2.45. The fourth-order valence-electron chi connectivity index (χ4n) is 1.70. The minimum atomic E-state index is -0.474. The second kappa shape index (κ2) is 7.36. The van der Waals surface area contributed by atoms with E-state index in [2.05, 4.69) is 10.3 Å².